The Kier molecular flexibility index (Phi) is 49.5. The van der Waals surface area contributed by atoms with Gasteiger partial charge in [-0.2, -0.15) is 0 Å². The molecule has 0 aliphatic heterocycles. The second-order valence-electron chi connectivity index (χ2n) is 17.1. The lowest BCUT2D eigenvalue weighted by atomic mass is 10.1. The maximum absolute atomic E-state index is 12.8. The second-order valence-corrected chi connectivity index (χ2v) is 17.1. The topological polar surface area (TPSA) is 78.9 Å². The Balaban J connectivity index is 4.36. The van der Waals surface area contributed by atoms with Gasteiger partial charge in [0, 0.05) is 19.3 Å². The lowest BCUT2D eigenvalue weighted by molar-refractivity contribution is -0.167. The molecule has 0 saturated heterocycles. The van der Waals surface area contributed by atoms with Crippen LogP contribution in [0.15, 0.2) is 109 Å². The molecule has 6 nitrogen and oxygen atoms in total. The van der Waals surface area contributed by atoms with Crippen molar-refractivity contribution in [3.63, 3.8) is 0 Å². The molecule has 0 heterocycles. The predicted molar refractivity (Wildman–Crippen MR) is 279 cm³/mol. The summed E-state index contributed by atoms with van der Waals surface area (Å²) in [5, 5.41) is 0. The van der Waals surface area contributed by atoms with Gasteiger partial charge < -0.3 is 14.2 Å². The van der Waals surface area contributed by atoms with Crippen molar-refractivity contribution in [3.05, 3.63) is 109 Å². The largest absolute Gasteiger partial charge is 0.462 e. The van der Waals surface area contributed by atoms with Gasteiger partial charge in [0.15, 0.2) is 6.10 Å². The van der Waals surface area contributed by atoms with E-state index >= 15 is 0 Å². The monoisotopic (exact) mass is 901 g/mol. The van der Waals surface area contributed by atoms with Crippen molar-refractivity contribution in [2.24, 2.45) is 0 Å². The van der Waals surface area contributed by atoms with Crippen LogP contribution in [-0.4, -0.2) is 37.2 Å². The van der Waals surface area contributed by atoms with Gasteiger partial charge in [0.25, 0.3) is 0 Å². The van der Waals surface area contributed by atoms with E-state index in [1.54, 1.807) is 0 Å². The van der Waals surface area contributed by atoms with Crippen LogP contribution in [0, 0.1) is 0 Å². The lowest BCUT2D eigenvalue weighted by Crippen LogP contribution is -2.30. The van der Waals surface area contributed by atoms with Crippen molar-refractivity contribution in [1.82, 2.24) is 0 Å². The zero-order valence-electron chi connectivity index (χ0n) is 42.0. The Morgan fingerprint density at radius 3 is 1.02 bits per heavy atom. The Bertz CT molecular complexity index is 1360. The number of allylic oxidation sites excluding steroid dienone is 18. The number of rotatable bonds is 46. The van der Waals surface area contributed by atoms with Gasteiger partial charge in [-0.05, 0) is 103 Å². The minimum Gasteiger partial charge on any atom is -0.462 e. The summed E-state index contributed by atoms with van der Waals surface area (Å²) in [4.78, 5) is 37.9. The number of carbonyl (C=O) groups excluding carboxylic acids is 3. The number of carbonyl (C=O) groups is 3. The average molecular weight is 901 g/mol. The molecule has 0 radical (unpaired) electrons. The minimum atomic E-state index is -0.798. The molecule has 0 aliphatic carbocycles. The van der Waals surface area contributed by atoms with Crippen molar-refractivity contribution < 1.29 is 28.6 Å². The summed E-state index contributed by atoms with van der Waals surface area (Å²) in [6.45, 7) is 6.38. The molecule has 0 aromatic rings. The molecule has 0 N–H and O–H groups in total. The molecule has 1 atom stereocenters. The molecule has 0 amide bonds. The normalized spacial score (nSPS) is 13.0. The van der Waals surface area contributed by atoms with E-state index in [0.717, 1.165) is 141 Å². The quantitative estimate of drug-likeness (QED) is 0.0262. The van der Waals surface area contributed by atoms with Crippen LogP contribution < -0.4 is 0 Å². The van der Waals surface area contributed by atoms with E-state index in [1.165, 1.54) is 44.9 Å². The summed E-state index contributed by atoms with van der Waals surface area (Å²) in [5.74, 6) is -0.952. The Morgan fingerprint density at radius 2 is 0.631 bits per heavy atom. The third-order valence-electron chi connectivity index (χ3n) is 10.7. The highest BCUT2D eigenvalue weighted by Crippen LogP contribution is 2.13. The fourth-order valence-electron chi connectivity index (χ4n) is 6.81. The highest BCUT2D eigenvalue weighted by Gasteiger charge is 2.19. The lowest BCUT2D eigenvalue weighted by Gasteiger charge is -2.18. The zero-order chi connectivity index (χ0) is 47.2. The van der Waals surface area contributed by atoms with Gasteiger partial charge >= 0.3 is 17.9 Å². The van der Waals surface area contributed by atoms with Crippen molar-refractivity contribution in [1.29, 1.82) is 0 Å². The summed E-state index contributed by atoms with van der Waals surface area (Å²) < 4.78 is 16.7. The molecule has 1 unspecified atom stereocenters. The standard InChI is InChI=1S/C59H96O6/c1-4-7-10-13-16-19-21-23-24-25-26-27-28-29-30-31-32-33-34-36-37-40-43-46-49-52-58(61)64-55-56(54-63-57(60)51-48-45-42-39-18-15-12-9-6-3)65-59(62)53-50-47-44-41-38-35-22-20-17-14-11-8-5-2/h7,10-11,14,16,19-20,22-24,26-27,29-30,32-33,36-37,56H,4-6,8-9,12-13,15,17-18,21,25,28,31,34-35,38-55H2,1-3H3/b10-7-,14-11-,19-16-,22-20-,24-23-,27-26-,30-29-,33-32-,37-36-. The third-order valence-corrected chi connectivity index (χ3v) is 10.7. The minimum absolute atomic E-state index is 0.0951. The highest BCUT2D eigenvalue weighted by atomic mass is 16.6. The first kappa shape index (κ1) is 61.1. The van der Waals surface area contributed by atoms with Crippen LogP contribution >= 0.6 is 0 Å². The Labute approximate surface area is 400 Å². The third kappa shape index (κ3) is 50.9. The summed E-state index contributed by atoms with van der Waals surface area (Å²) in [6.07, 6.45) is 70.8. The molecular weight excluding hydrogens is 805 g/mol. The van der Waals surface area contributed by atoms with Gasteiger partial charge in [0.05, 0.1) is 0 Å². The Hall–Kier alpha value is -3.93. The molecule has 0 saturated carbocycles. The fourth-order valence-corrected chi connectivity index (χ4v) is 6.81. The van der Waals surface area contributed by atoms with Gasteiger partial charge in [0.1, 0.15) is 13.2 Å². The molecule has 0 aliphatic rings. The predicted octanol–water partition coefficient (Wildman–Crippen LogP) is 17.5. The molecule has 6 heteroatoms. The van der Waals surface area contributed by atoms with Crippen molar-refractivity contribution in [2.45, 2.75) is 232 Å². The van der Waals surface area contributed by atoms with Crippen LogP contribution in [0.1, 0.15) is 226 Å². The average Bonchev–Trinajstić information content (AvgIpc) is 3.30. The summed E-state index contributed by atoms with van der Waals surface area (Å²) in [7, 11) is 0. The molecule has 0 fully saturated rings. The van der Waals surface area contributed by atoms with Crippen LogP contribution in [0.4, 0.5) is 0 Å². The number of esters is 3. The zero-order valence-corrected chi connectivity index (χ0v) is 42.0. The van der Waals surface area contributed by atoms with E-state index < -0.39 is 6.10 Å². The van der Waals surface area contributed by atoms with E-state index in [4.69, 9.17) is 14.2 Å². The van der Waals surface area contributed by atoms with E-state index in [9.17, 15) is 14.4 Å². The van der Waals surface area contributed by atoms with Crippen molar-refractivity contribution in [3.8, 4) is 0 Å². The van der Waals surface area contributed by atoms with Crippen LogP contribution in [0.2, 0.25) is 0 Å². The van der Waals surface area contributed by atoms with E-state index in [0.29, 0.717) is 19.3 Å². The molecular formula is C59H96O6. The van der Waals surface area contributed by atoms with Crippen molar-refractivity contribution >= 4 is 17.9 Å². The number of unbranched alkanes of at least 4 members (excludes halogenated alkanes) is 17. The van der Waals surface area contributed by atoms with Crippen LogP contribution in [0.3, 0.4) is 0 Å². The molecule has 0 spiro atoms. The first-order valence-electron chi connectivity index (χ1n) is 26.4. The summed E-state index contributed by atoms with van der Waals surface area (Å²) in [5.41, 5.74) is 0. The van der Waals surface area contributed by atoms with Gasteiger partial charge in [-0.1, -0.05) is 214 Å². The van der Waals surface area contributed by atoms with Crippen LogP contribution in [0.25, 0.3) is 0 Å². The van der Waals surface area contributed by atoms with E-state index in [2.05, 4.69) is 130 Å². The van der Waals surface area contributed by atoms with Gasteiger partial charge in [-0.3, -0.25) is 14.4 Å². The molecule has 0 bridgehead atoms. The van der Waals surface area contributed by atoms with Crippen LogP contribution in [-0.2, 0) is 28.6 Å². The van der Waals surface area contributed by atoms with E-state index in [1.807, 2.05) is 0 Å². The van der Waals surface area contributed by atoms with Gasteiger partial charge in [0.2, 0.25) is 0 Å². The Morgan fingerprint density at radius 1 is 0.323 bits per heavy atom. The molecule has 0 aromatic carbocycles. The molecule has 0 aromatic heterocycles. The smallest absolute Gasteiger partial charge is 0.306 e. The maximum atomic E-state index is 12.8. The van der Waals surface area contributed by atoms with Gasteiger partial charge in [-0.15, -0.1) is 0 Å². The molecule has 368 valence electrons. The second kappa shape index (κ2) is 52.7. The first-order valence-corrected chi connectivity index (χ1v) is 26.4. The SMILES string of the molecule is CC/C=C\C/C=C\C/C=C\C/C=C\C/C=C\C/C=C\C/C=C\CCCCCC(=O)OCC(COC(=O)CCCCCCCCCCC)OC(=O)CCCCCCC/C=C\C/C=C\CCC. The highest BCUT2D eigenvalue weighted by molar-refractivity contribution is 5.71. The number of hydrogen-bond donors (Lipinski definition) is 0. The molecule has 0 rings (SSSR count). The first-order chi connectivity index (χ1) is 32.0. The summed E-state index contributed by atoms with van der Waals surface area (Å²) in [6, 6.07) is 0. The number of ether oxygens (including phenoxy) is 3. The molecule has 65 heavy (non-hydrogen) atoms. The maximum Gasteiger partial charge on any atom is 0.306 e. The van der Waals surface area contributed by atoms with Crippen molar-refractivity contribution in [2.75, 3.05) is 13.2 Å². The van der Waals surface area contributed by atoms with Gasteiger partial charge in [-0.25, -0.2) is 0 Å². The summed E-state index contributed by atoms with van der Waals surface area (Å²) >= 11 is 0. The van der Waals surface area contributed by atoms with Crippen LogP contribution in [0.5, 0.6) is 0 Å². The van der Waals surface area contributed by atoms with E-state index in [-0.39, 0.29) is 31.1 Å². The number of hydrogen-bond acceptors (Lipinski definition) is 6. The fraction of sp³-hybridized carbons (Fsp3) is 0.644.